The van der Waals surface area contributed by atoms with Crippen LogP contribution in [0.4, 0.5) is 0 Å². The zero-order chi connectivity index (χ0) is 11.7. The van der Waals surface area contributed by atoms with E-state index in [0.29, 0.717) is 11.8 Å². The van der Waals surface area contributed by atoms with Gasteiger partial charge in [-0.1, -0.05) is 13.8 Å². The van der Waals surface area contributed by atoms with Gasteiger partial charge in [0.15, 0.2) is 0 Å². The van der Waals surface area contributed by atoms with Crippen molar-refractivity contribution in [2.24, 2.45) is 11.8 Å². The molecule has 2 N–H and O–H groups in total. The molecule has 0 heterocycles. The second kappa shape index (κ2) is 4.42. The summed E-state index contributed by atoms with van der Waals surface area (Å²) in [6, 6.07) is 0. The molecule has 0 spiro atoms. The third-order valence-electron chi connectivity index (χ3n) is 3.21. The lowest BCUT2D eigenvalue weighted by atomic mass is 9.73. The van der Waals surface area contributed by atoms with E-state index >= 15 is 0 Å². The number of β-amino-alcohol motifs (C(OH)–C–C–N with tert-alkyl or cyclic N) is 1. The Bertz CT molecular complexity index is 197. The molecule has 0 aliphatic heterocycles. The molecule has 0 aromatic heterocycles. The van der Waals surface area contributed by atoms with E-state index in [2.05, 4.69) is 39.9 Å². The van der Waals surface area contributed by atoms with Crippen LogP contribution in [-0.4, -0.2) is 22.8 Å². The summed E-state index contributed by atoms with van der Waals surface area (Å²) in [5, 5.41) is 13.9. The van der Waals surface area contributed by atoms with Gasteiger partial charge in [-0.2, -0.15) is 0 Å². The van der Waals surface area contributed by atoms with Crippen molar-refractivity contribution in [2.45, 2.75) is 65.0 Å². The van der Waals surface area contributed by atoms with E-state index in [4.69, 9.17) is 0 Å². The maximum atomic E-state index is 10.5. The second-order valence-electron chi connectivity index (χ2n) is 6.68. The average molecular weight is 213 g/mol. The molecule has 2 unspecified atom stereocenters. The molecule has 1 aliphatic carbocycles. The first-order valence-corrected chi connectivity index (χ1v) is 6.18. The van der Waals surface area contributed by atoms with E-state index in [0.717, 1.165) is 19.4 Å². The lowest BCUT2D eigenvalue weighted by Crippen LogP contribution is -2.50. The fourth-order valence-corrected chi connectivity index (χ4v) is 2.81. The van der Waals surface area contributed by atoms with Gasteiger partial charge in [-0.05, 0) is 51.9 Å². The molecule has 0 amide bonds. The van der Waals surface area contributed by atoms with Crippen molar-refractivity contribution >= 4 is 0 Å². The fourth-order valence-electron chi connectivity index (χ4n) is 2.81. The molecular weight excluding hydrogens is 186 g/mol. The Hall–Kier alpha value is -0.0800. The summed E-state index contributed by atoms with van der Waals surface area (Å²) < 4.78 is 0. The highest BCUT2D eigenvalue weighted by Gasteiger charge is 2.36. The van der Waals surface area contributed by atoms with Crippen LogP contribution in [0.25, 0.3) is 0 Å². The van der Waals surface area contributed by atoms with Gasteiger partial charge in [-0.25, -0.2) is 0 Å². The summed E-state index contributed by atoms with van der Waals surface area (Å²) in [6.07, 6.45) is 3.15. The molecule has 0 radical (unpaired) electrons. The molecular formula is C13H27NO. The molecule has 0 aromatic carbocycles. The number of aliphatic hydroxyl groups is 1. The average Bonchev–Trinajstić information content (AvgIpc) is 1.97. The Morgan fingerprint density at radius 2 is 1.67 bits per heavy atom. The van der Waals surface area contributed by atoms with Crippen molar-refractivity contribution in [1.29, 1.82) is 0 Å². The molecule has 1 rings (SSSR count). The maximum absolute atomic E-state index is 10.5. The van der Waals surface area contributed by atoms with Crippen molar-refractivity contribution in [3.05, 3.63) is 0 Å². The van der Waals surface area contributed by atoms with Crippen molar-refractivity contribution in [1.82, 2.24) is 5.32 Å². The Balaban J connectivity index is 2.50. The number of nitrogens with one attached hydrogen (secondary N) is 1. The lowest BCUT2D eigenvalue weighted by molar-refractivity contribution is -0.0333. The summed E-state index contributed by atoms with van der Waals surface area (Å²) >= 11 is 0. The molecule has 15 heavy (non-hydrogen) atoms. The number of hydrogen-bond donors (Lipinski definition) is 2. The molecule has 0 bridgehead atoms. The minimum absolute atomic E-state index is 0.0969. The third kappa shape index (κ3) is 4.52. The molecule has 90 valence electrons. The van der Waals surface area contributed by atoms with Crippen molar-refractivity contribution in [3.63, 3.8) is 0 Å². The van der Waals surface area contributed by atoms with Crippen LogP contribution in [0.15, 0.2) is 0 Å². The molecule has 0 aromatic rings. The van der Waals surface area contributed by atoms with Crippen LogP contribution in [-0.2, 0) is 0 Å². The molecule has 0 saturated heterocycles. The van der Waals surface area contributed by atoms with E-state index in [-0.39, 0.29) is 5.54 Å². The lowest BCUT2D eigenvalue weighted by Gasteiger charge is -2.40. The van der Waals surface area contributed by atoms with Gasteiger partial charge in [0.2, 0.25) is 0 Å². The standard InChI is InChI=1S/C13H27NO/c1-10-6-11(2)8-13(15,7-10)9-14-12(3,4)5/h10-11,14-15H,6-9H2,1-5H3. The predicted molar refractivity (Wildman–Crippen MR) is 64.9 cm³/mol. The largest absolute Gasteiger partial charge is 0.389 e. The minimum atomic E-state index is -0.482. The van der Waals surface area contributed by atoms with Crippen molar-refractivity contribution in [3.8, 4) is 0 Å². The highest BCUT2D eigenvalue weighted by Crippen LogP contribution is 2.35. The van der Waals surface area contributed by atoms with E-state index in [1.807, 2.05) is 0 Å². The van der Waals surface area contributed by atoms with Crippen LogP contribution < -0.4 is 5.32 Å². The summed E-state index contributed by atoms with van der Waals surface area (Å²) in [5.41, 5.74) is -0.385. The van der Waals surface area contributed by atoms with Crippen molar-refractivity contribution in [2.75, 3.05) is 6.54 Å². The topological polar surface area (TPSA) is 32.3 Å². The molecule has 2 nitrogen and oxygen atoms in total. The van der Waals surface area contributed by atoms with Gasteiger partial charge in [0.1, 0.15) is 0 Å². The minimum Gasteiger partial charge on any atom is -0.389 e. The fraction of sp³-hybridized carbons (Fsp3) is 1.00. The summed E-state index contributed by atoms with van der Waals surface area (Å²) in [5.74, 6) is 1.31. The molecule has 2 heteroatoms. The monoisotopic (exact) mass is 213 g/mol. The SMILES string of the molecule is CC1CC(C)CC(O)(CNC(C)(C)C)C1. The molecule has 1 saturated carbocycles. The first-order chi connectivity index (χ1) is 6.70. The predicted octanol–water partition coefficient (Wildman–Crippen LogP) is 2.56. The van der Waals surface area contributed by atoms with Crippen LogP contribution in [0.3, 0.4) is 0 Å². The highest BCUT2D eigenvalue weighted by atomic mass is 16.3. The second-order valence-corrected chi connectivity index (χ2v) is 6.68. The van der Waals surface area contributed by atoms with Gasteiger partial charge in [-0.15, -0.1) is 0 Å². The third-order valence-corrected chi connectivity index (χ3v) is 3.21. The van der Waals surface area contributed by atoms with Gasteiger partial charge < -0.3 is 10.4 Å². The van der Waals surface area contributed by atoms with Gasteiger partial charge >= 0.3 is 0 Å². The van der Waals surface area contributed by atoms with Gasteiger partial charge in [0, 0.05) is 12.1 Å². The van der Waals surface area contributed by atoms with Crippen LogP contribution in [0.5, 0.6) is 0 Å². The van der Waals surface area contributed by atoms with Crippen LogP contribution in [0.1, 0.15) is 53.9 Å². The van der Waals surface area contributed by atoms with Crippen LogP contribution >= 0.6 is 0 Å². The first kappa shape index (κ1) is 13.0. The van der Waals surface area contributed by atoms with Gasteiger partial charge in [-0.3, -0.25) is 0 Å². The molecule has 1 aliphatic rings. The zero-order valence-electron chi connectivity index (χ0n) is 10.9. The highest BCUT2D eigenvalue weighted by molar-refractivity contribution is 4.91. The summed E-state index contributed by atoms with van der Waals surface area (Å²) in [4.78, 5) is 0. The van der Waals surface area contributed by atoms with Crippen LogP contribution in [0.2, 0.25) is 0 Å². The quantitative estimate of drug-likeness (QED) is 0.739. The van der Waals surface area contributed by atoms with E-state index < -0.39 is 5.60 Å². The van der Waals surface area contributed by atoms with Crippen LogP contribution in [0, 0.1) is 11.8 Å². The molecule has 1 fully saturated rings. The summed E-state index contributed by atoms with van der Waals surface area (Å²) in [7, 11) is 0. The van der Waals surface area contributed by atoms with Gasteiger partial charge in [0.05, 0.1) is 5.60 Å². The molecule has 2 atom stereocenters. The Morgan fingerprint density at radius 1 is 1.20 bits per heavy atom. The normalized spacial score (nSPS) is 38.0. The number of hydrogen-bond acceptors (Lipinski definition) is 2. The van der Waals surface area contributed by atoms with E-state index in [1.165, 1.54) is 6.42 Å². The Morgan fingerprint density at radius 3 is 2.07 bits per heavy atom. The van der Waals surface area contributed by atoms with Crippen molar-refractivity contribution < 1.29 is 5.11 Å². The maximum Gasteiger partial charge on any atom is 0.0776 e. The van der Waals surface area contributed by atoms with Gasteiger partial charge in [0.25, 0.3) is 0 Å². The Labute approximate surface area is 94.5 Å². The first-order valence-electron chi connectivity index (χ1n) is 6.18. The van der Waals surface area contributed by atoms with E-state index in [1.54, 1.807) is 0 Å². The zero-order valence-corrected chi connectivity index (χ0v) is 10.9. The summed E-state index contributed by atoms with van der Waals surface area (Å²) in [6.45, 7) is 11.7. The Kier molecular flexibility index (Phi) is 3.83. The number of rotatable bonds is 2. The smallest absolute Gasteiger partial charge is 0.0776 e. The van der Waals surface area contributed by atoms with E-state index in [9.17, 15) is 5.11 Å².